The van der Waals surface area contributed by atoms with E-state index in [1.54, 1.807) is 14.2 Å². The van der Waals surface area contributed by atoms with Gasteiger partial charge in [0.05, 0.1) is 0 Å². The van der Waals surface area contributed by atoms with Gasteiger partial charge in [-0.25, -0.2) is 0 Å². The predicted molar refractivity (Wildman–Crippen MR) is 65.5 cm³/mol. The Labute approximate surface area is 101 Å². The van der Waals surface area contributed by atoms with Crippen LogP contribution in [0, 0.1) is 5.92 Å². The molecule has 0 saturated carbocycles. The largest absolute Gasteiger partial charge is 0.356 e. The fourth-order valence-corrected chi connectivity index (χ4v) is 1.82. The summed E-state index contributed by atoms with van der Waals surface area (Å²) in [4.78, 5) is 0. The van der Waals surface area contributed by atoms with E-state index in [1.807, 2.05) is 24.3 Å². The third kappa shape index (κ3) is 3.76. The molecule has 0 heterocycles. The van der Waals surface area contributed by atoms with Gasteiger partial charge >= 0.3 is 0 Å². The van der Waals surface area contributed by atoms with Crippen molar-refractivity contribution < 1.29 is 9.47 Å². The molecule has 1 atom stereocenters. The van der Waals surface area contributed by atoms with Crippen LogP contribution in [0.25, 0.3) is 0 Å². The number of benzene rings is 1. The highest BCUT2D eigenvalue weighted by Gasteiger charge is 2.19. The summed E-state index contributed by atoms with van der Waals surface area (Å²) < 4.78 is 10.4. The summed E-state index contributed by atoms with van der Waals surface area (Å²) in [5.41, 5.74) is 6.90. The summed E-state index contributed by atoms with van der Waals surface area (Å²) in [5.74, 6) is 0.149. The third-order valence-electron chi connectivity index (χ3n) is 2.56. The van der Waals surface area contributed by atoms with Gasteiger partial charge in [-0.2, -0.15) is 0 Å². The van der Waals surface area contributed by atoms with Gasteiger partial charge in [-0.15, -0.1) is 0 Å². The average molecular weight is 244 g/mol. The highest BCUT2D eigenvalue weighted by atomic mass is 35.5. The van der Waals surface area contributed by atoms with Crippen LogP contribution in [-0.2, 0) is 15.9 Å². The number of nitrogens with two attached hydrogens (primary N) is 1. The molecule has 0 saturated heterocycles. The summed E-state index contributed by atoms with van der Waals surface area (Å²) in [5, 5.41) is 0.739. The van der Waals surface area contributed by atoms with Crippen molar-refractivity contribution in [2.45, 2.75) is 12.7 Å². The lowest BCUT2D eigenvalue weighted by Crippen LogP contribution is -2.32. The molecule has 0 aliphatic rings. The van der Waals surface area contributed by atoms with E-state index in [0.29, 0.717) is 6.54 Å². The SMILES string of the molecule is COC(OC)C(CN)Cc1ccc(Cl)cc1. The van der Waals surface area contributed by atoms with Crippen molar-refractivity contribution in [2.24, 2.45) is 11.7 Å². The Bertz CT molecular complexity index is 298. The Morgan fingerprint density at radius 2 is 1.75 bits per heavy atom. The second kappa shape index (κ2) is 6.86. The van der Waals surface area contributed by atoms with Crippen LogP contribution in [0.1, 0.15) is 5.56 Å². The lowest BCUT2D eigenvalue weighted by Gasteiger charge is -2.23. The van der Waals surface area contributed by atoms with E-state index in [1.165, 1.54) is 5.56 Å². The van der Waals surface area contributed by atoms with Gasteiger partial charge in [-0.3, -0.25) is 0 Å². The Kier molecular flexibility index (Phi) is 5.77. The number of hydrogen-bond acceptors (Lipinski definition) is 3. The molecular weight excluding hydrogens is 226 g/mol. The van der Waals surface area contributed by atoms with Gasteiger partial charge in [0.15, 0.2) is 6.29 Å². The van der Waals surface area contributed by atoms with Crippen molar-refractivity contribution in [1.82, 2.24) is 0 Å². The molecule has 0 aliphatic carbocycles. The highest BCUT2D eigenvalue weighted by molar-refractivity contribution is 6.30. The molecule has 0 aliphatic heterocycles. The van der Waals surface area contributed by atoms with Gasteiger partial charge in [-0.05, 0) is 24.1 Å². The minimum Gasteiger partial charge on any atom is -0.356 e. The maximum Gasteiger partial charge on any atom is 0.161 e. The van der Waals surface area contributed by atoms with E-state index in [-0.39, 0.29) is 12.2 Å². The van der Waals surface area contributed by atoms with E-state index >= 15 is 0 Å². The van der Waals surface area contributed by atoms with Crippen LogP contribution in [-0.4, -0.2) is 27.1 Å². The van der Waals surface area contributed by atoms with Crippen LogP contribution in [0.3, 0.4) is 0 Å². The maximum atomic E-state index is 5.83. The third-order valence-corrected chi connectivity index (χ3v) is 2.82. The molecule has 2 N–H and O–H groups in total. The van der Waals surface area contributed by atoms with Gasteiger partial charge in [0.2, 0.25) is 0 Å². The zero-order valence-corrected chi connectivity index (χ0v) is 10.4. The molecule has 1 aromatic carbocycles. The molecule has 0 fully saturated rings. The molecule has 3 nitrogen and oxygen atoms in total. The molecule has 4 heteroatoms. The zero-order valence-electron chi connectivity index (χ0n) is 9.65. The second-order valence-electron chi connectivity index (χ2n) is 3.67. The molecule has 1 aromatic rings. The van der Waals surface area contributed by atoms with Crippen molar-refractivity contribution in [3.8, 4) is 0 Å². The molecule has 0 aromatic heterocycles. The van der Waals surface area contributed by atoms with Crippen LogP contribution in [0.2, 0.25) is 5.02 Å². The smallest absolute Gasteiger partial charge is 0.161 e. The van der Waals surface area contributed by atoms with Gasteiger partial charge in [-0.1, -0.05) is 23.7 Å². The highest BCUT2D eigenvalue weighted by Crippen LogP contribution is 2.16. The Morgan fingerprint density at radius 1 is 1.19 bits per heavy atom. The molecule has 16 heavy (non-hydrogen) atoms. The first-order chi connectivity index (χ1) is 7.71. The van der Waals surface area contributed by atoms with Crippen LogP contribution in [0.15, 0.2) is 24.3 Å². The van der Waals surface area contributed by atoms with E-state index < -0.39 is 0 Å². The van der Waals surface area contributed by atoms with Crippen molar-refractivity contribution in [3.63, 3.8) is 0 Å². The summed E-state index contributed by atoms with van der Waals surface area (Å²) in [6, 6.07) is 7.74. The topological polar surface area (TPSA) is 44.5 Å². The van der Waals surface area contributed by atoms with E-state index in [9.17, 15) is 0 Å². The Balaban J connectivity index is 2.65. The molecule has 0 radical (unpaired) electrons. The second-order valence-corrected chi connectivity index (χ2v) is 4.10. The predicted octanol–water partition coefficient (Wildman–Crippen LogP) is 2.08. The monoisotopic (exact) mass is 243 g/mol. The van der Waals surface area contributed by atoms with Gasteiger partial charge in [0.1, 0.15) is 0 Å². The lowest BCUT2D eigenvalue weighted by atomic mass is 9.99. The quantitative estimate of drug-likeness (QED) is 0.778. The number of ether oxygens (including phenoxy) is 2. The molecule has 1 rings (SSSR count). The standard InChI is InChI=1S/C12H18ClNO2/c1-15-12(16-2)10(8-14)7-9-3-5-11(13)6-4-9/h3-6,10,12H,7-8,14H2,1-2H3. The fourth-order valence-electron chi connectivity index (χ4n) is 1.70. The normalized spacial score (nSPS) is 13.1. The van der Waals surface area contributed by atoms with Crippen LogP contribution in [0.5, 0.6) is 0 Å². The number of halogens is 1. The van der Waals surface area contributed by atoms with Gasteiger partial charge in [0.25, 0.3) is 0 Å². The van der Waals surface area contributed by atoms with Crippen molar-refractivity contribution in [1.29, 1.82) is 0 Å². The summed E-state index contributed by atoms with van der Waals surface area (Å²) >= 11 is 5.83. The number of hydrogen-bond donors (Lipinski definition) is 1. The fraction of sp³-hybridized carbons (Fsp3) is 0.500. The van der Waals surface area contributed by atoms with Crippen molar-refractivity contribution >= 4 is 11.6 Å². The van der Waals surface area contributed by atoms with Crippen LogP contribution in [0.4, 0.5) is 0 Å². The van der Waals surface area contributed by atoms with E-state index in [2.05, 4.69) is 0 Å². The first-order valence-electron chi connectivity index (χ1n) is 5.21. The zero-order chi connectivity index (χ0) is 12.0. The molecule has 90 valence electrons. The first kappa shape index (κ1) is 13.5. The number of methoxy groups -OCH3 is 2. The van der Waals surface area contributed by atoms with E-state index in [0.717, 1.165) is 11.4 Å². The number of rotatable bonds is 6. The van der Waals surface area contributed by atoms with Crippen molar-refractivity contribution in [3.05, 3.63) is 34.9 Å². The molecule has 1 unspecified atom stereocenters. The van der Waals surface area contributed by atoms with Crippen molar-refractivity contribution in [2.75, 3.05) is 20.8 Å². The average Bonchev–Trinajstić information content (AvgIpc) is 2.32. The van der Waals surface area contributed by atoms with Crippen LogP contribution >= 0.6 is 11.6 Å². The molecule has 0 amide bonds. The Hall–Kier alpha value is -0.610. The summed E-state index contributed by atoms with van der Waals surface area (Å²) in [7, 11) is 3.25. The summed E-state index contributed by atoms with van der Waals surface area (Å²) in [6.45, 7) is 0.523. The molecule has 0 spiro atoms. The lowest BCUT2D eigenvalue weighted by molar-refractivity contribution is -0.134. The minimum atomic E-state index is -0.263. The van der Waals surface area contributed by atoms with E-state index in [4.69, 9.17) is 26.8 Å². The molecular formula is C12H18ClNO2. The van der Waals surface area contributed by atoms with Gasteiger partial charge < -0.3 is 15.2 Å². The minimum absolute atomic E-state index is 0.149. The summed E-state index contributed by atoms with van der Waals surface area (Å²) in [6.07, 6.45) is 0.556. The van der Waals surface area contributed by atoms with Gasteiger partial charge in [0, 0.05) is 31.7 Å². The first-order valence-corrected chi connectivity index (χ1v) is 5.59. The molecule has 0 bridgehead atoms. The Morgan fingerprint density at radius 3 is 2.19 bits per heavy atom. The van der Waals surface area contributed by atoms with Crippen LogP contribution < -0.4 is 5.73 Å². The maximum absolute atomic E-state index is 5.83.